The van der Waals surface area contributed by atoms with Crippen molar-refractivity contribution in [3.63, 3.8) is 0 Å². The zero-order chi connectivity index (χ0) is 15.5. The van der Waals surface area contributed by atoms with E-state index in [1.165, 1.54) is 4.31 Å². The third-order valence-electron chi connectivity index (χ3n) is 3.63. The first-order valence-corrected chi connectivity index (χ1v) is 8.66. The highest BCUT2D eigenvalue weighted by atomic mass is 32.2. The number of hydrogen-bond donors (Lipinski definition) is 1. The number of rotatable bonds is 6. The summed E-state index contributed by atoms with van der Waals surface area (Å²) in [5, 5.41) is 4.47. The van der Waals surface area contributed by atoms with Gasteiger partial charge in [-0.15, -0.1) is 0 Å². The second-order valence-electron chi connectivity index (χ2n) is 5.08. The summed E-state index contributed by atoms with van der Waals surface area (Å²) >= 11 is 0. The first kappa shape index (κ1) is 15.8. The van der Waals surface area contributed by atoms with E-state index in [9.17, 15) is 8.42 Å². The third-order valence-corrected chi connectivity index (χ3v) is 5.88. The van der Waals surface area contributed by atoms with Gasteiger partial charge < -0.3 is 5.32 Å². The van der Waals surface area contributed by atoms with Crippen LogP contribution in [0.3, 0.4) is 0 Å². The summed E-state index contributed by atoms with van der Waals surface area (Å²) in [6.07, 6.45) is 0. The zero-order valence-corrected chi connectivity index (χ0v) is 13.5. The van der Waals surface area contributed by atoms with Crippen LogP contribution in [0.1, 0.15) is 13.8 Å². The maximum atomic E-state index is 12.8. The van der Waals surface area contributed by atoms with Gasteiger partial charge in [0.2, 0.25) is 10.0 Å². The second-order valence-corrected chi connectivity index (χ2v) is 7.35. The van der Waals surface area contributed by atoms with Gasteiger partial charge in [-0.25, -0.2) is 8.42 Å². The van der Waals surface area contributed by atoms with Gasteiger partial charge in [-0.2, -0.15) is 0 Å². The van der Waals surface area contributed by atoms with Crippen LogP contribution in [0, 0.1) is 0 Å². The van der Waals surface area contributed by atoms with Gasteiger partial charge in [-0.1, -0.05) is 36.4 Å². The zero-order valence-electron chi connectivity index (χ0n) is 12.7. The van der Waals surface area contributed by atoms with Crippen LogP contribution in [-0.4, -0.2) is 33.8 Å². The number of nitrogens with zero attached hydrogens (tertiary/aromatic N) is 1. The van der Waals surface area contributed by atoms with Gasteiger partial charge in [0.25, 0.3) is 0 Å². The molecule has 5 heteroatoms. The fraction of sp³-hybridized carbons (Fsp3) is 0.375. The van der Waals surface area contributed by atoms with Crippen molar-refractivity contribution in [2.75, 3.05) is 24.4 Å². The van der Waals surface area contributed by atoms with Gasteiger partial charge in [0.15, 0.2) is 0 Å². The summed E-state index contributed by atoms with van der Waals surface area (Å²) < 4.78 is 27.1. The Kier molecular flexibility index (Phi) is 4.85. The minimum Gasteiger partial charge on any atom is -0.318 e. The number of sulfonamides is 1. The van der Waals surface area contributed by atoms with E-state index in [0.717, 1.165) is 16.5 Å². The van der Waals surface area contributed by atoms with Crippen LogP contribution in [0.2, 0.25) is 0 Å². The van der Waals surface area contributed by atoms with Gasteiger partial charge in [-0.05, 0) is 32.3 Å². The molecule has 2 aromatic rings. The van der Waals surface area contributed by atoms with Crippen molar-refractivity contribution in [3.8, 4) is 0 Å². The number of nitrogens with one attached hydrogen (secondary N) is 1. The Morgan fingerprint density at radius 2 is 1.81 bits per heavy atom. The summed E-state index contributed by atoms with van der Waals surface area (Å²) in [7, 11) is -1.62. The molecule has 0 aliphatic carbocycles. The standard InChI is InChI=1S/C16H22N2O2S/c1-4-18(21(19,20)13(2)12-17-3)16-11-7-9-14-8-5-6-10-15(14)16/h5-11,13,17H,4,12H2,1-3H3. The van der Waals surface area contributed by atoms with Crippen LogP contribution in [-0.2, 0) is 10.0 Å². The molecule has 2 aromatic carbocycles. The molecule has 0 radical (unpaired) electrons. The van der Waals surface area contributed by atoms with Gasteiger partial charge in [-0.3, -0.25) is 4.31 Å². The lowest BCUT2D eigenvalue weighted by molar-refractivity contribution is 0.574. The maximum absolute atomic E-state index is 12.8. The van der Waals surface area contributed by atoms with Gasteiger partial charge in [0.1, 0.15) is 0 Å². The summed E-state index contributed by atoms with van der Waals surface area (Å²) in [6, 6.07) is 13.6. The quantitative estimate of drug-likeness (QED) is 0.892. The predicted molar refractivity (Wildman–Crippen MR) is 89.3 cm³/mol. The molecule has 1 atom stereocenters. The highest BCUT2D eigenvalue weighted by molar-refractivity contribution is 7.93. The molecule has 0 saturated carbocycles. The van der Waals surface area contributed by atoms with E-state index in [1.807, 2.05) is 49.4 Å². The Bertz CT molecular complexity index is 708. The van der Waals surface area contributed by atoms with E-state index >= 15 is 0 Å². The molecular weight excluding hydrogens is 284 g/mol. The van der Waals surface area contributed by atoms with E-state index in [1.54, 1.807) is 14.0 Å². The monoisotopic (exact) mass is 306 g/mol. The van der Waals surface area contributed by atoms with E-state index in [2.05, 4.69) is 5.32 Å². The van der Waals surface area contributed by atoms with Gasteiger partial charge in [0, 0.05) is 18.5 Å². The van der Waals surface area contributed by atoms with Crippen LogP contribution in [0.25, 0.3) is 10.8 Å². The average molecular weight is 306 g/mol. The van der Waals surface area contributed by atoms with Crippen LogP contribution in [0.4, 0.5) is 5.69 Å². The average Bonchev–Trinajstić information content (AvgIpc) is 2.48. The summed E-state index contributed by atoms with van der Waals surface area (Å²) in [4.78, 5) is 0. The van der Waals surface area contributed by atoms with Crippen LogP contribution in [0.5, 0.6) is 0 Å². The molecule has 2 rings (SSSR count). The number of fused-ring (bicyclic) bond motifs is 1. The molecule has 4 nitrogen and oxygen atoms in total. The first-order chi connectivity index (χ1) is 10.0. The lowest BCUT2D eigenvalue weighted by atomic mass is 10.1. The van der Waals surface area contributed by atoms with Gasteiger partial charge in [0.05, 0.1) is 10.9 Å². The first-order valence-electron chi connectivity index (χ1n) is 7.16. The van der Waals surface area contributed by atoms with Crippen molar-refractivity contribution >= 4 is 26.5 Å². The van der Waals surface area contributed by atoms with Crippen molar-refractivity contribution in [2.24, 2.45) is 0 Å². The fourth-order valence-corrected chi connectivity index (χ4v) is 4.13. The minimum absolute atomic E-state index is 0.421. The van der Waals surface area contributed by atoms with Crippen molar-refractivity contribution < 1.29 is 8.42 Å². The minimum atomic E-state index is -3.39. The molecule has 0 fully saturated rings. The SMILES string of the molecule is CCN(c1cccc2ccccc12)S(=O)(=O)C(C)CNC. The Labute approximate surface area is 126 Å². The number of hydrogen-bond acceptors (Lipinski definition) is 3. The summed E-state index contributed by atoms with van der Waals surface area (Å²) in [5.74, 6) is 0. The summed E-state index contributed by atoms with van der Waals surface area (Å²) in [6.45, 7) is 4.46. The van der Waals surface area contributed by atoms with Crippen molar-refractivity contribution in [2.45, 2.75) is 19.1 Å². The molecular formula is C16H22N2O2S. The molecule has 1 N–H and O–H groups in total. The smallest absolute Gasteiger partial charge is 0.239 e. The van der Waals surface area contributed by atoms with Gasteiger partial charge >= 0.3 is 0 Å². The van der Waals surface area contributed by atoms with Crippen LogP contribution < -0.4 is 9.62 Å². The molecule has 0 heterocycles. The Balaban J connectivity index is 2.54. The maximum Gasteiger partial charge on any atom is 0.239 e. The normalized spacial score (nSPS) is 13.3. The largest absolute Gasteiger partial charge is 0.318 e. The van der Waals surface area contributed by atoms with E-state index < -0.39 is 15.3 Å². The molecule has 114 valence electrons. The Morgan fingerprint density at radius 3 is 2.48 bits per heavy atom. The molecule has 0 aromatic heterocycles. The molecule has 21 heavy (non-hydrogen) atoms. The van der Waals surface area contributed by atoms with E-state index in [4.69, 9.17) is 0 Å². The molecule has 1 unspecified atom stereocenters. The van der Waals surface area contributed by atoms with Crippen LogP contribution in [0.15, 0.2) is 42.5 Å². The number of benzene rings is 2. The Morgan fingerprint density at radius 1 is 1.14 bits per heavy atom. The molecule has 0 aliphatic heterocycles. The summed E-state index contributed by atoms with van der Waals surface area (Å²) in [5.41, 5.74) is 0.749. The highest BCUT2D eigenvalue weighted by Crippen LogP contribution is 2.29. The van der Waals surface area contributed by atoms with Crippen molar-refractivity contribution in [1.29, 1.82) is 0 Å². The van der Waals surface area contributed by atoms with E-state index in [-0.39, 0.29) is 0 Å². The highest BCUT2D eigenvalue weighted by Gasteiger charge is 2.28. The molecule has 0 bridgehead atoms. The molecule has 0 saturated heterocycles. The van der Waals surface area contributed by atoms with E-state index in [0.29, 0.717) is 13.1 Å². The fourth-order valence-electron chi connectivity index (χ4n) is 2.52. The molecule has 0 spiro atoms. The molecule has 0 aliphatic rings. The Hall–Kier alpha value is -1.59. The topological polar surface area (TPSA) is 49.4 Å². The predicted octanol–water partition coefficient (Wildman–Crippen LogP) is 2.60. The lowest BCUT2D eigenvalue weighted by Crippen LogP contribution is -2.41. The van der Waals surface area contributed by atoms with Crippen molar-refractivity contribution in [1.82, 2.24) is 5.32 Å². The van der Waals surface area contributed by atoms with Crippen molar-refractivity contribution in [3.05, 3.63) is 42.5 Å². The second kappa shape index (κ2) is 6.45. The van der Waals surface area contributed by atoms with Crippen LogP contribution >= 0.6 is 0 Å². The molecule has 0 amide bonds. The lowest BCUT2D eigenvalue weighted by Gasteiger charge is -2.27. The number of anilines is 1. The third kappa shape index (κ3) is 3.04.